The lowest BCUT2D eigenvalue weighted by molar-refractivity contribution is -0.115. The summed E-state index contributed by atoms with van der Waals surface area (Å²) in [5.41, 5.74) is 1.49. The van der Waals surface area contributed by atoms with Crippen LogP contribution in [0.5, 0.6) is 5.75 Å². The van der Waals surface area contributed by atoms with E-state index in [9.17, 15) is 4.79 Å². The minimum Gasteiger partial charge on any atom is -0.495 e. The van der Waals surface area contributed by atoms with Crippen LogP contribution in [0.4, 0.5) is 5.69 Å². The second kappa shape index (κ2) is 10.4. The van der Waals surface area contributed by atoms with Crippen molar-refractivity contribution in [2.45, 2.75) is 47.5 Å². The van der Waals surface area contributed by atoms with Crippen molar-refractivity contribution in [3.05, 3.63) is 22.7 Å². The number of aromatic nitrogens is 2. The molecule has 0 saturated heterocycles. The summed E-state index contributed by atoms with van der Waals surface area (Å²) >= 11 is 10.8. The van der Waals surface area contributed by atoms with E-state index in [0.717, 1.165) is 32.8 Å². The summed E-state index contributed by atoms with van der Waals surface area (Å²) in [4.78, 5) is 12.5. The number of unbranched alkanes of at least 4 members (excludes halogenated alkanes) is 1. The molecule has 0 bridgehead atoms. The van der Waals surface area contributed by atoms with Crippen LogP contribution in [0.1, 0.15) is 32.3 Å². The summed E-state index contributed by atoms with van der Waals surface area (Å²) in [6, 6.07) is 3.51. The van der Waals surface area contributed by atoms with Crippen LogP contribution in [0, 0.1) is 6.92 Å². The number of hydrogen-bond acceptors (Lipinski definition) is 7. The summed E-state index contributed by atoms with van der Waals surface area (Å²) in [6.45, 7) is 5.90. The molecule has 5 nitrogen and oxygen atoms in total. The van der Waals surface area contributed by atoms with E-state index in [1.807, 2.05) is 19.9 Å². The highest BCUT2D eigenvalue weighted by Crippen LogP contribution is 2.34. The normalized spacial score (nSPS) is 12.0. The molecule has 9 heteroatoms. The van der Waals surface area contributed by atoms with Crippen molar-refractivity contribution < 1.29 is 9.53 Å². The molecular formula is C17H22ClN3O2S3. The average Bonchev–Trinajstić information content (AvgIpc) is 3.05. The van der Waals surface area contributed by atoms with Gasteiger partial charge in [-0.2, -0.15) is 0 Å². The highest BCUT2D eigenvalue weighted by molar-refractivity contribution is 8.03. The maximum absolute atomic E-state index is 12.5. The number of nitrogens with one attached hydrogen (secondary N) is 1. The van der Waals surface area contributed by atoms with Crippen LogP contribution in [0.2, 0.25) is 5.02 Å². The van der Waals surface area contributed by atoms with Gasteiger partial charge in [0.25, 0.3) is 0 Å². The minimum atomic E-state index is -0.308. The fourth-order valence-corrected chi connectivity index (χ4v) is 5.45. The fraction of sp³-hybridized carbons (Fsp3) is 0.471. The molecule has 0 aliphatic carbocycles. The van der Waals surface area contributed by atoms with Gasteiger partial charge in [0.15, 0.2) is 8.68 Å². The third kappa shape index (κ3) is 6.04. The summed E-state index contributed by atoms with van der Waals surface area (Å²) in [7, 11) is 1.55. The van der Waals surface area contributed by atoms with E-state index >= 15 is 0 Å². The number of amides is 1. The van der Waals surface area contributed by atoms with Gasteiger partial charge in [-0.15, -0.1) is 10.2 Å². The average molecular weight is 432 g/mol. The second-order valence-electron chi connectivity index (χ2n) is 5.59. The van der Waals surface area contributed by atoms with Crippen LogP contribution in [0.3, 0.4) is 0 Å². The Morgan fingerprint density at radius 3 is 2.81 bits per heavy atom. The van der Waals surface area contributed by atoms with Gasteiger partial charge in [-0.25, -0.2) is 0 Å². The number of aryl methyl sites for hydroxylation is 1. The molecule has 0 radical (unpaired) electrons. The number of halogens is 1. The smallest absolute Gasteiger partial charge is 0.237 e. The molecule has 142 valence electrons. The first-order valence-corrected chi connectivity index (χ1v) is 11.3. The first-order valence-electron chi connectivity index (χ1n) is 8.22. The van der Waals surface area contributed by atoms with Crippen LogP contribution in [-0.4, -0.2) is 34.2 Å². The van der Waals surface area contributed by atoms with E-state index in [2.05, 4.69) is 22.4 Å². The number of hydrogen-bond donors (Lipinski definition) is 1. The zero-order chi connectivity index (χ0) is 19.1. The maximum Gasteiger partial charge on any atom is 0.237 e. The SMILES string of the molecule is CCCCSc1nnc(SC(C)C(=O)Nc2cc(C)c(Cl)cc2OC)s1. The van der Waals surface area contributed by atoms with Crippen LogP contribution < -0.4 is 10.1 Å². The lowest BCUT2D eigenvalue weighted by Gasteiger charge is -2.14. The largest absolute Gasteiger partial charge is 0.495 e. The number of carbonyl (C=O) groups is 1. The molecule has 1 unspecified atom stereocenters. The molecule has 1 aromatic carbocycles. The van der Waals surface area contributed by atoms with E-state index in [-0.39, 0.29) is 11.2 Å². The van der Waals surface area contributed by atoms with E-state index < -0.39 is 0 Å². The zero-order valence-corrected chi connectivity index (χ0v) is 18.4. The number of benzene rings is 1. The Labute approximate surface area is 171 Å². The molecular weight excluding hydrogens is 410 g/mol. The summed E-state index contributed by atoms with van der Waals surface area (Å²) in [5, 5.41) is 11.5. The number of rotatable bonds is 9. The molecule has 1 N–H and O–H groups in total. The molecule has 2 aromatic rings. The van der Waals surface area contributed by atoms with Gasteiger partial charge in [-0.1, -0.05) is 59.8 Å². The van der Waals surface area contributed by atoms with Crippen molar-refractivity contribution in [3.8, 4) is 5.75 Å². The number of ether oxygens (including phenoxy) is 1. The van der Waals surface area contributed by atoms with Gasteiger partial charge in [0.05, 0.1) is 18.0 Å². The highest BCUT2D eigenvalue weighted by Gasteiger charge is 2.19. The Hall–Kier alpha value is -0.960. The molecule has 0 saturated carbocycles. The van der Waals surface area contributed by atoms with E-state index in [1.54, 1.807) is 24.9 Å². The van der Waals surface area contributed by atoms with Crippen molar-refractivity contribution in [2.75, 3.05) is 18.2 Å². The monoisotopic (exact) mass is 431 g/mol. The lowest BCUT2D eigenvalue weighted by atomic mass is 10.2. The number of thioether (sulfide) groups is 2. The third-order valence-electron chi connectivity index (χ3n) is 3.50. The number of anilines is 1. The topological polar surface area (TPSA) is 64.1 Å². The van der Waals surface area contributed by atoms with Gasteiger partial charge in [-0.05, 0) is 31.9 Å². The Morgan fingerprint density at radius 2 is 2.12 bits per heavy atom. The summed E-state index contributed by atoms with van der Waals surface area (Å²) in [6.07, 6.45) is 2.33. The van der Waals surface area contributed by atoms with Crippen molar-refractivity contribution >= 4 is 58.1 Å². The van der Waals surface area contributed by atoms with Crippen molar-refractivity contribution in [2.24, 2.45) is 0 Å². The molecule has 0 aliphatic rings. The predicted molar refractivity (Wildman–Crippen MR) is 112 cm³/mol. The Morgan fingerprint density at radius 1 is 1.38 bits per heavy atom. The van der Waals surface area contributed by atoms with Crippen molar-refractivity contribution in [1.29, 1.82) is 0 Å². The van der Waals surface area contributed by atoms with Crippen LogP contribution in [-0.2, 0) is 4.79 Å². The first kappa shape index (κ1) is 21.3. The molecule has 0 spiro atoms. The molecule has 1 heterocycles. The number of methoxy groups -OCH3 is 1. The Bertz CT molecular complexity index is 755. The Kier molecular flexibility index (Phi) is 8.53. The quantitative estimate of drug-likeness (QED) is 0.416. The van der Waals surface area contributed by atoms with E-state index in [0.29, 0.717) is 16.5 Å². The summed E-state index contributed by atoms with van der Waals surface area (Å²) in [5.74, 6) is 1.46. The third-order valence-corrected chi connectivity index (χ3v) is 7.23. The minimum absolute atomic E-state index is 0.120. The maximum atomic E-state index is 12.5. The molecule has 0 fully saturated rings. The number of nitrogens with zero attached hydrogens (tertiary/aromatic N) is 2. The first-order chi connectivity index (χ1) is 12.4. The van der Waals surface area contributed by atoms with Gasteiger partial charge in [0, 0.05) is 16.8 Å². The number of carbonyl (C=O) groups excluding carboxylic acids is 1. The van der Waals surface area contributed by atoms with Crippen molar-refractivity contribution in [3.63, 3.8) is 0 Å². The van der Waals surface area contributed by atoms with Gasteiger partial charge < -0.3 is 10.1 Å². The van der Waals surface area contributed by atoms with E-state index in [4.69, 9.17) is 16.3 Å². The fourth-order valence-electron chi connectivity index (χ4n) is 1.98. The van der Waals surface area contributed by atoms with Crippen LogP contribution in [0.25, 0.3) is 0 Å². The van der Waals surface area contributed by atoms with E-state index in [1.165, 1.54) is 23.1 Å². The van der Waals surface area contributed by atoms with Crippen LogP contribution >= 0.6 is 46.5 Å². The zero-order valence-electron chi connectivity index (χ0n) is 15.2. The van der Waals surface area contributed by atoms with Crippen molar-refractivity contribution in [1.82, 2.24) is 10.2 Å². The molecule has 1 amide bonds. The predicted octanol–water partition coefficient (Wildman–Crippen LogP) is 5.52. The molecule has 0 aliphatic heterocycles. The van der Waals surface area contributed by atoms with Gasteiger partial charge in [0.1, 0.15) is 5.75 Å². The summed E-state index contributed by atoms with van der Waals surface area (Å²) < 4.78 is 7.05. The standard InChI is InChI=1S/C17H22ClN3O2S3/c1-5-6-7-24-16-20-21-17(26-16)25-11(3)15(22)19-13-8-10(2)12(18)9-14(13)23-4/h8-9,11H,5-7H2,1-4H3,(H,19,22). The highest BCUT2D eigenvalue weighted by atomic mass is 35.5. The molecule has 26 heavy (non-hydrogen) atoms. The van der Waals surface area contributed by atoms with Gasteiger partial charge in [0.2, 0.25) is 5.91 Å². The van der Waals surface area contributed by atoms with Gasteiger partial charge >= 0.3 is 0 Å². The second-order valence-corrected chi connectivity index (χ2v) is 9.90. The molecule has 2 rings (SSSR count). The van der Waals surface area contributed by atoms with Crippen LogP contribution in [0.15, 0.2) is 20.8 Å². The lowest BCUT2D eigenvalue weighted by Crippen LogP contribution is -2.22. The molecule has 1 atom stereocenters. The molecule has 1 aromatic heterocycles. The Balaban J connectivity index is 1.97. The van der Waals surface area contributed by atoms with Gasteiger partial charge in [-0.3, -0.25) is 4.79 Å².